The summed E-state index contributed by atoms with van der Waals surface area (Å²) in [5, 5.41) is 0. The van der Waals surface area contributed by atoms with Gasteiger partial charge in [0.25, 0.3) is 0 Å². The first-order valence-electron chi connectivity index (χ1n) is 6.84. The topological polar surface area (TPSA) is 44.5 Å². The second-order valence-corrected chi connectivity index (χ2v) is 5.60. The van der Waals surface area contributed by atoms with Crippen LogP contribution in [0.5, 0.6) is 5.75 Å². The standard InChI is InChI=1S/C15H21NO2/c1-11-4-2-5-13(14(11)16)18-12-6-9-17-15(10-12)7-3-8-15/h2,4-5,12H,3,6-10,16H2,1H3. The van der Waals surface area contributed by atoms with Gasteiger partial charge in [-0.15, -0.1) is 0 Å². The van der Waals surface area contributed by atoms with Crippen LogP contribution in [0.25, 0.3) is 0 Å². The highest BCUT2D eigenvalue weighted by molar-refractivity contribution is 5.57. The van der Waals surface area contributed by atoms with Gasteiger partial charge in [0.05, 0.1) is 17.9 Å². The third-order valence-electron chi connectivity index (χ3n) is 4.29. The average molecular weight is 247 g/mol. The zero-order chi connectivity index (χ0) is 12.6. The summed E-state index contributed by atoms with van der Waals surface area (Å²) in [5.41, 5.74) is 8.04. The van der Waals surface area contributed by atoms with E-state index in [2.05, 4.69) is 0 Å². The molecule has 18 heavy (non-hydrogen) atoms. The average Bonchev–Trinajstić information content (AvgIpc) is 2.34. The van der Waals surface area contributed by atoms with E-state index in [1.165, 1.54) is 19.3 Å². The molecule has 3 nitrogen and oxygen atoms in total. The van der Waals surface area contributed by atoms with Crippen LogP contribution in [0.1, 0.15) is 37.7 Å². The lowest BCUT2D eigenvalue weighted by Crippen LogP contribution is -2.48. The lowest BCUT2D eigenvalue weighted by Gasteiger charge is -2.47. The minimum absolute atomic E-state index is 0.126. The highest BCUT2D eigenvalue weighted by atomic mass is 16.5. The number of hydrogen-bond donors (Lipinski definition) is 1. The number of aryl methyl sites for hydroxylation is 1. The third-order valence-corrected chi connectivity index (χ3v) is 4.29. The lowest BCUT2D eigenvalue weighted by atomic mass is 9.74. The van der Waals surface area contributed by atoms with Crippen LogP contribution in [0, 0.1) is 6.92 Å². The molecule has 1 heterocycles. The molecule has 98 valence electrons. The molecule has 3 rings (SSSR count). The van der Waals surface area contributed by atoms with Crippen molar-refractivity contribution >= 4 is 5.69 Å². The predicted molar refractivity (Wildman–Crippen MR) is 71.8 cm³/mol. The Hall–Kier alpha value is -1.22. The summed E-state index contributed by atoms with van der Waals surface area (Å²) in [6.45, 7) is 2.83. The van der Waals surface area contributed by atoms with Gasteiger partial charge in [-0.2, -0.15) is 0 Å². The SMILES string of the molecule is Cc1cccc(OC2CCOC3(CCC3)C2)c1N. The van der Waals surface area contributed by atoms with Gasteiger partial charge in [-0.05, 0) is 37.8 Å². The van der Waals surface area contributed by atoms with E-state index >= 15 is 0 Å². The Bertz CT molecular complexity index is 440. The first kappa shape index (κ1) is 11.8. The Morgan fingerprint density at radius 3 is 2.94 bits per heavy atom. The number of anilines is 1. The Morgan fingerprint density at radius 1 is 1.39 bits per heavy atom. The molecule has 3 heteroatoms. The summed E-state index contributed by atoms with van der Waals surface area (Å²) >= 11 is 0. The van der Waals surface area contributed by atoms with Gasteiger partial charge in [0, 0.05) is 12.8 Å². The molecule has 1 saturated carbocycles. The van der Waals surface area contributed by atoms with Gasteiger partial charge < -0.3 is 15.2 Å². The Morgan fingerprint density at radius 2 is 2.22 bits per heavy atom. The summed E-state index contributed by atoms with van der Waals surface area (Å²) in [6, 6.07) is 5.98. The van der Waals surface area contributed by atoms with Crippen molar-refractivity contribution in [3.05, 3.63) is 23.8 Å². The zero-order valence-corrected chi connectivity index (χ0v) is 10.9. The van der Waals surface area contributed by atoms with Crippen molar-refractivity contribution in [1.82, 2.24) is 0 Å². The van der Waals surface area contributed by atoms with Crippen molar-refractivity contribution in [1.29, 1.82) is 0 Å². The normalized spacial score (nSPS) is 25.7. The number of para-hydroxylation sites is 1. The van der Waals surface area contributed by atoms with E-state index in [1.807, 2.05) is 25.1 Å². The molecule has 1 atom stereocenters. The maximum absolute atomic E-state index is 6.09. The summed E-state index contributed by atoms with van der Waals surface area (Å²) in [4.78, 5) is 0. The Labute approximate surface area is 108 Å². The first-order valence-corrected chi connectivity index (χ1v) is 6.84. The maximum Gasteiger partial charge on any atom is 0.142 e. The molecule has 1 spiro atoms. The van der Waals surface area contributed by atoms with E-state index in [0.717, 1.165) is 36.4 Å². The van der Waals surface area contributed by atoms with Crippen LogP contribution in [0.3, 0.4) is 0 Å². The quantitative estimate of drug-likeness (QED) is 0.817. The Balaban J connectivity index is 1.70. The molecule has 2 N–H and O–H groups in total. The van der Waals surface area contributed by atoms with Crippen molar-refractivity contribution in [2.45, 2.75) is 50.7 Å². The molecular weight excluding hydrogens is 226 g/mol. The van der Waals surface area contributed by atoms with E-state index in [-0.39, 0.29) is 11.7 Å². The van der Waals surface area contributed by atoms with Gasteiger partial charge in [-0.1, -0.05) is 12.1 Å². The molecule has 1 aromatic rings. The molecule has 2 aliphatic rings. The molecule has 1 aliphatic carbocycles. The number of rotatable bonds is 2. The largest absolute Gasteiger partial charge is 0.488 e. The van der Waals surface area contributed by atoms with Crippen LogP contribution in [-0.2, 0) is 4.74 Å². The molecule has 0 radical (unpaired) electrons. The van der Waals surface area contributed by atoms with E-state index in [1.54, 1.807) is 0 Å². The van der Waals surface area contributed by atoms with Crippen molar-refractivity contribution < 1.29 is 9.47 Å². The first-order chi connectivity index (χ1) is 8.69. The second kappa shape index (κ2) is 4.47. The summed E-state index contributed by atoms with van der Waals surface area (Å²) in [6.07, 6.45) is 5.91. The molecule has 2 fully saturated rings. The molecule has 0 aromatic heterocycles. The van der Waals surface area contributed by atoms with E-state index in [9.17, 15) is 0 Å². The highest BCUT2D eigenvalue weighted by Crippen LogP contribution is 2.43. The number of nitrogens with two attached hydrogens (primary N) is 1. The van der Waals surface area contributed by atoms with Crippen LogP contribution in [0.15, 0.2) is 18.2 Å². The molecular formula is C15H21NO2. The van der Waals surface area contributed by atoms with Crippen molar-refractivity contribution in [2.24, 2.45) is 0 Å². The fourth-order valence-electron chi connectivity index (χ4n) is 2.94. The van der Waals surface area contributed by atoms with Crippen LogP contribution < -0.4 is 10.5 Å². The van der Waals surface area contributed by atoms with Gasteiger partial charge >= 0.3 is 0 Å². The molecule has 0 amide bonds. The van der Waals surface area contributed by atoms with Crippen LogP contribution >= 0.6 is 0 Å². The third kappa shape index (κ3) is 2.07. The molecule has 0 bridgehead atoms. The zero-order valence-electron chi connectivity index (χ0n) is 10.9. The molecule has 1 unspecified atom stereocenters. The minimum atomic E-state index is 0.126. The highest BCUT2D eigenvalue weighted by Gasteiger charge is 2.43. The number of benzene rings is 1. The number of ether oxygens (including phenoxy) is 2. The van der Waals surface area contributed by atoms with Gasteiger partial charge in [0.1, 0.15) is 11.9 Å². The fraction of sp³-hybridized carbons (Fsp3) is 0.600. The van der Waals surface area contributed by atoms with E-state index < -0.39 is 0 Å². The van der Waals surface area contributed by atoms with E-state index in [0.29, 0.717) is 0 Å². The van der Waals surface area contributed by atoms with Gasteiger partial charge in [-0.3, -0.25) is 0 Å². The van der Waals surface area contributed by atoms with Crippen molar-refractivity contribution in [3.8, 4) is 5.75 Å². The molecule has 1 aromatic carbocycles. The van der Waals surface area contributed by atoms with Gasteiger partial charge in [0.2, 0.25) is 0 Å². The smallest absolute Gasteiger partial charge is 0.142 e. The van der Waals surface area contributed by atoms with Crippen LogP contribution in [-0.4, -0.2) is 18.3 Å². The van der Waals surface area contributed by atoms with Gasteiger partial charge in [0.15, 0.2) is 0 Å². The van der Waals surface area contributed by atoms with Crippen molar-refractivity contribution in [3.63, 3.8) is 0 Å². The van der Waals surface area contributed by atoms with Gasteiger partial charge in [-0.25, -0.2) is 0 Å². The fourth-order valence-corrected chi connectivity index (χ4v) is 2.94. The summed E-state index contributed by atoms with van der Waals surface area (Å²) < 4.78 is 12.0. The van der Waals surface area contributed by atoms with E-state index in [4.69, 9.17) is 15.2 Å². The van der Waals surface area contributed by atoms with Crippen molar-refractivity contribution in [2.75, 3.05) is 12.3 Å². The second-order valence-electron chi connectivity index (χ2n) is 5.60. The number of nitrogen functional groups attached to an aromatic ring is 1. The summed E-state index contributed by atoms with van der Waals surface area (Å²) in [7, 11) is 0. The minimum Gasteiger partial charge on any atom is -0.488 e. The van der Waals surface area contributed by atoms with Crippen LogP contribution in [0.4, 0.5) is 5.69 Å². The Kier molecular flexibility index (Phi) is 2.94. The number of hydrogen-bond acceptors (Lipinski definition) is 3. The molecule has 1 aliphatic heterocycles. The monoisotopic (exact) mass is 247 g/mol. The maximum atomic E-state index is 6.09. The van der Waals surface area contributed by atoms with Crippen LogP contribution in [0.2, 0.25) is 0 Å². The predicted octanol–water partition coefficient (Wildman–Crippen LogP) is 3.06. The summed E-state index contributed by atoms with van der Waals surface area (Å²) in [5.74, 6) is 0.830. The molecule has 1 saturated heterocycles. The lowest BCUT2D eigenvalue weighted by molar-refractivity contribution is -0.153.